The van der Waals surface area contributed by atoms with E-state index < -0.39 is 0 Å². The van der Waals surface area contributed by atoms with E-state index in [0.29, 0.717) is 0 Å². The lowest BCUT2D eigenvalue weighted by Gasteiger charge is -2.31. The predicted octanol–water partition coefficient (Wildman–Crippen LogP) is 3.29. The lowest BCUT2D eigenvalue weighted by molar-refractivity contribution is -0.116. The lowest BCUT2D eigenvalue weighted by atomic mass is 10.1. The summed E-state index contributed by atoms with van der Waals surface area (Å²) >= 11 is 1.76. The van der Waals surface area contributed by atoms with Crippen molar-refractivity contribution in [3.63, 3.8) is 0 Å². The summed E-state index contributed by atoms with van der Waals surface area (Å²) in [6, 6.07) is 20.2. The molecule has 1 heterocycles. The smallest absolute Gasteiger partial charge is 0.238 e. The first-order valence-electron chi connectivity index (χ1n) is 8.05. The van der Waals surface area contributed by atoms with Crippen molar-refractivity contribution in [3.8, 4) is 0 Å². The van der Waals surface area contributed by atoms with Crippen LogP contribution in [-0.2, 0) is 11.2 Å². The molecule has 23 heavy (non-hydrogen) atoms. The van der Waals surface area contributed by atoms with Crippen molar-refractivity contribution in [2.24, 2.45) is 0 Å². The molecule has 1 aliphatic rings. The molecule has 0 spiro atoms. The number of benzene rings is 2. The van der Waals surface area contributed by atoms with Crippen LogP contribution in [0.4, 0.5) is 5.69 Å². The van der Waals surface area contributed by atoms with E-state index in [1.54, 1.807) is 11.8 Å². The summed E-state index contributed by atoms with van der Waals surface area (Å²) in [5, 5.41) is 3.03. The van der Waals surface area contributed by atoms with Crippen LogP contribution in [0.25, 0.3) is 0 Å². The molecule has 120 valence electrons. The van der Waals surface area contributed by atoms with Gasteiger partial charge < -0.3 is 10.2 Å². The van der Waals surface area contributed by atoms with Gasteiger partial charge >= 0.3 is 0 Å². The highest BCUT2D eigenvalue weighted by Crippen LogP contribution is 2.20. The van der Waals surface area contributed by atoms with Gasteiger partial charge in [-0.15, -0.1) is 11.8 Å². The maximum Gasteiger partial charge on any atom is 0.238 e. The minimum absolute atomic E-state index is 0.0136. The van der Waals surface area contributed by atoms with Crippen LogP contribution in [0.15, 0.2) is 60.7 Å². The SMILES string of the molecule is O=C(Nc1ccccc1)C1CN(CCc2ccccc2)CCS1. The average Bonchev–Trinajstić information content (AvgIpc) is 2.62. The number of carbonyl (C=O) groups excluding carboxylic acids is 1. The summed E-state index contributed by atoms with van der Waals surface area (Å²) in [6.45, 7) is 2.91. The number of amides is 1. The van der Waals surface area contributed by atoms with Gasteiger partial charge in [0, 0.05) is 31.1 Å². The Kier molecular flexibility index (Phi) is 5.72. The van der Waals surface area contributed by atoms with Crippen molar-refractivity contribution >= 4 is 23.4 Å². The first kappa shape index (κ1) is 16.1. The number of para-hydroxylation sites is 1. The number of hydrogen-bond acceptors (Lipinski definition) is 3. The van der Waals surface area contributed by atoms with Gasteiger partial charge in [0.25, 0.3) is 0 Å². The molecule has 0 aromatic heterocycles. The molecule has 1 amide bonds. The van der Waals surface area contributed by atoms with Gasteiger partial charge in [0.2, 0.25) is 5.91 Å². The van der Waals surface area contributed by atoms with Crippen molar-refractivity contribution < 1.29 is 4.79 Å². The normalized spacial score (nSPS) is 18.5. The van der Waals surface area contributed by atoms with E-state index in [4.69, 9.17) is 0 Å². The molecule has 1 N–H and O–H groups in total. The van der Waals surface area contributed by atoms with Crippen molar-refractivity contribution in [2.75, 3.05) is 30.7 Å². The Hall–Kier alpha value is -1.78. The Morgan fingerprint density at radius 1 is 1.09 bits per heavy atom. The minimum Gasteiger partial charge on any atom is -0.325 e. The van der Waals surface area contributed by atoms with E-state index >= 15 is 0 Å². The molecule has 3 nitrogen and oxygen atoms in total. The van der Waals surface area contributed by atoms with Gasteiger partial charge in [-0.05, 0) is 24.1 Å². The molecule has 1 saturated heterocycles. The molecule has 1 atom stereocenters. The molecular weight excluding hydrogens is 304 g/mol. The second-order valence-corrected chi connectivity index (χ2v) is 7.06. The van der Waals surface area contributed by atoms with Crippen LogP contribution < -0.4 is 5.32 Å². The van der Waals surface area contributed by atoms with Crippen molar-refractivity contribution in [3.05, 3.63) is 66.2 Å². The van der Waals surface area contributed by atoms with Crippen LogP contribution in [-0.4, -0.2) is 41.4 Å². The average molecular weight is 326 g/mol. The zero-order chi connectivity index (χ0) is 15.9. The van der Waals surface area contributed by atoms with E-state index in [1.807, 2.05) is 36.4 Å². The molecule has 0 radical (unpaired) electrons. The molecule has 0 bridgehead atoms. The molecule has 1 unspecified atom stereocenters. The topological polar surface area (TPSA) is 32.3 Å². The third-order valence-electron chi connectivity index (χ3n) is 4.04. The minimum atomic E-state index is 0.0136. The second kappa shape index (κ2) is 8.18. The zero-order valence-corrected chi connectivity index (χ0v) is 14.0. The molecular formula is C19H22N2OS. The number of nitrogens with one attached hydrogen (secondary N) is 1. The molecule has 3 rings (SSSR count). The number of carbonyl (C=O) groups is 1. The number of hydrogen-bond donors (Lipinski definition) is 1. The van der Waals surface area contributed by atoms with Gasteiger partial charge in [0.05, 0.1) is 5.25 Å². The van der Waals surface area contributed by atoms with Gasteiger partial charge in [-0.1, -0.05) is 48.5 Å². The van der Waals surface area contributed by atoms with E-state index in [9.17, 15) is 4.79 Å². The number of rotatable bonds is 5. The summed E-state index contributed by atoms with van der Waals surface area (Å²) in [5.41, 5.74) is 2.23. The largest absolute Gasteiger partial charge is 0.325 e. The monoisotopic (exact) mass is 326 g/mol. The molecule has 1 fully saturated rings. The van der Waals surface area contributed by atoms with Crippen LogP contribution in [0.5, 0.6) is 0 Å². The fourth-order valence-corrected chi connectivity index (χ4v) is 3.92. The van der Waals surface area contributed by atoms with Gasteiger partial charge in [-0.25, -0.2) is 0 Å². The lowest BCUT2D eigenvalue weighted by Crippen LogP contribution is -2.44. The highest BCUT2D eigenvalue weighted by molar-refractivity contribution is 8.00. The summed E-state index contributed by atoms with van der Waals surface area (Å²) < 4.78 is 0. The van der Waals surface area contributed by atoms with Gasteiger partial charge in [-0.3, -0.25) is 4.79 Å². The summed E-state index contributed by atoms with van der Waals surface area (Å²) in [7, 11) is 0. The summed E-state index contributed by atoms with van der Waals surface area (Å²) in [5.74, 6) is 1.13. The first-order chi connectivity index (χ1) is 11.3. The highest BCUT2D eigenvalue weighted by atomic mass is 32.2. The van der Waals surface area contributed by atoms with E-state index in [2.05, 4.69) is 34.5 Å². The standard InChI is InChI=1S/C19H22N2OS/c22-19(20-17-9-5-2-6-10-17)18-15-21(13-14-23-18)12-11-16-7-3-1-4-8-16/h1-10,18H,11-15H2,(H,20,22). The predicted molar refractivity (Wildman–Crippen MR) is 97.9 cm³/mol. The molecule has 2 aromatic carbocycles. The van der Waals surface area contributed by atoms with E-state index in [1.165, 1.54) is 5.56 Å². The summed E-state index contributed by atoms with van der Waals surface area (Å²) in [6.07, 6.45) is 1.04. The Labute approximate surface area is 142 Å². The maximum atomic E-state index is 12.4. The van der Waals surface area contributed by atoms with Gasteiger partial charge in [0.15, 0.2) is 0 Å². The number of thioether (sulfide) groups is 1. The van der Waals surface area contributed by atoms with Gasteiger partial charge in [-0.2, -0.15) is 0 Å². The Morgan fingerprint density at radius 3 is 2.52 bits per heavy atom. The Balaban J connectivity index is 1.50. The van der Waals surface area contributed by atoms with E-state index in [-0.39, 0.29) is 11.2 Å². The van der Waals surface area contributed by atoms with Crippen LogP contribution in [0.3, 0.4) is 0 Å². The Morgan fingerprint density at radius 2 is 1.78 bits per heavy atom. The second-order valence-electron chi connectivity index (χ2n) is 5.75. The van der Waals surface area contributed by atoms with Crippen LogP contribution in [0.2, 0.25) is 0 Å². The zero-order valence-electron chi connectivity index (χ0n) is 13.2. The summed E-state index contributed by atoms with van der Waals surface area (Å²) in [4.78, 5) is 14.8. The van der Waals surface area contributed by atoms with Crippen molar-refractivity contribution in [2.45, 2.75) is 11.7 Å². The fraction of sp³-hybridized carbons (Fsp3) is 0.316. The quantitative estimate of drug-likeness (QED) is 0.915. The van der Waals surface area contributed by atoms with Crippen LogP contribution in [0.1, 0.15) is 5.56 Å². The molecule has 0 aliphatic carbocycles. The third kappa shape index (κ3) is 4.85. The first-order valence-corrected chi connectivity index (χ1v) is 9.10. The molecule has 2 aromatic rings. The Bertz CT molecular complexity index is 618. The third-order valence-corrected chi connectivity index (χ3v) is 5.23. The van der Waals surface area contributed by atoms with Crippen LogP contribution >= 0.6 is 11.8 Å². The molecule has 4 heteroatoms. The van der Waals surface area contributed by atoms with Crippen molar-refractivity contribution in [1.29, 1.82) is 0 Å². The number of nitrogens with zero attached hydrogens (tertiary/aromatic N) is 1. The van der Waals surface area contributed by atoms with E-state index in [0.717, 1.165) is 37.5 Å². The number of anilines is 1. The molecule has 0 saturated carbocycles. The van der Waals surface area contributed by atoms with Crippen LogP contribution in [0, 0.1) is 0 Å². The van der Waals surface area contributed by atoms with Gasteiger partial charge in [0.1, 0.15) is 0 Å². The van der Waals surface area contributed by atoms with Crippen molar-refractivity contribution in [1.82, 2.24) is 4.90 Å². The fourth-order valence-electron chi connectivity index (χ4n) is 2.74. The maximum absolute atomic E-state index is 12.4. The highest BCUT2D eigenvalue weighted by Gasteiger charge is 2.26. The molecule has 1 aliphatic heterocycles.